The minimum atomic E-state index is -0.263. The van der Waals surface area contributed by atoms with Crippen LogP contribution in [0.2, 0.25) is 0 Å². The van der Waals surface area contributed by atoms with E-state index < -0.39 is 0 Å². The topological polar surface area (TPSA) is 17.8 Å². The molecule has 0 fully saturated rings. The average molecular weight is 241 g/mol. The Morgan fingerprint density at radius 1 is 1.38 bits per heavy atom. The molecule has 4 heteroatoms. The molecule has 0 aliphatic carbocycles. The van der Waals surface area contributed by atoms with Crippen LogP contribution in [0.15, 0.2) is 41.4 Å². The summed E-state index contributed by atoms with van der Waals surface area (Å²) in [7, 11) is 0. The maximum absolute atomic E-state index is 13.3. The van der Waals surface area contributed by atoms with E-state index in [1.807, 2.05) is 0 Å². The number of nitrogens with zero attached hydrogens (tertiary/aromatic N) is 2. The third-order valence-electron chi connectivity index (χ3n) is 1.69. The van der Waals surface area contributed by atoms with Gasteiger partial charge in [0.2, 0.25) is 0 Å². The van der Waals surface area contributed by atoms with Crippen molar-refractivity contribution < 1.29 is 4.39 Å². The first kappa shape index (κ1) is 8.44. The molecule has 0 spiro atoms. The van der Waals surface area contributed by atoms with Crippen LogP contribution in [0.5, 0.6) is 0 Å². The van der Waals surface area contributed by atoms with Gasteiger partial charge in [-0.2, -0.15) is 0 Å². The van der Waals surface area contributed by atoms with Gasteiger partial charge < -0.3 is 4.57 Å². The van der Waals surface area contributed by atoms with Gasteiger partial charge >= 0.3 is 0 Å². The van der Waals surface area contributed by atoms with E-state index in [4.69, 9.17) is 0 Å². The summed E-state index contributed by atoms with van der Waals surface area (Å²) < 4.78 is 15.7. The largest absolute Gasteiger partial charge is 0.303 e. The predicted molar refractivity (Wildman–Crippen MR) is 51.2 cm³/mol. The van der Waals surface area contributed by atoms with Gasteiger partial charge in [-0.3, -0.25) is 0 Å². The number of halogens is 2. The lowest BCUT2D eigenvalue weighted by Gasteiger charge is -2.03. The van der Waals surface area contributed by atoms with Gasteiger partial charge in [-0.25, -0.2) is 9.37 Å². The third kappa shape index (κ3) is 1.62. The summed E-state index contributed by atoms with van der Waals surface area (Å²) in [6.45, 7) is 0. The van der Waals surface area contributed by atoms with Crippen molar-refractivity contribution in [1.29, 1.82) is 0 Å². The second-order valence-electron chi connectivity index (χ2n) is 2.57. The summed E-state index contributed by atoms with van der Waals surface area (Å²) in [6, 6.07) is 4.78. The summed E-state index contributed by atoms with van der Waals surface area (Å²) in [6.07, 6.45) is 4.87. The molecular formula is C9H6BrFN2. The Labute approximate surface area is 83.2 Å². The van der Waals surface area contributed by atoms with E-state index in [9.17, 15) is 4.39 Å². The maximum atomic E-state index is 13.3. The van der Waals surface area contributed by atoms with Crippen molar-refractivity contribution >= 4 is 15.9 Å². The normalized spacial score (nSPS) is 10.3. The van der Waals surface area contributed by atoms with Gasteiger partial charge in [0.25, 0.3) is 0 Å². The number of benzene rings is 1. The Hall–Kier alpha value is -1.16. The molecule has 1 aromatic heterocycles. The van der Waals surface area contributed by atoms with Crippen LogP contribution in [-0.2, 0) is 0 Å². The first-order valence-electron chi connectivity index (χ1n) is 3.71. The SMILES string of the molecule is Fc1ccc(Br)cc1-n1ccnc1. The van der Waals surface area contributed by atoms with Crippen LogP contribution in [0.1, 0.15) is 0 Å². The van der Waals surface area contributed by atoms with E-state index >= 15 is 0 Å². The lowest BCUT2D eigenvalue weighted by atomic mass is 10.3. The molecule has 0 N–H and O–H groups in total. The fraction of sp³-hybridized carbons (Fsp3) is 0. The zero-order valence-corrected chi connectivity index (χ0v) is 8.20. The Morgan fingerprint density at radius 3 is 2.92 bits per heavy atom. The van der Waals surface area contributed by atoms with Crippen LogP contribution in [0.4, 0.5) is 4.39 Å². The van der Waals surface area contributed by atoms with Crippen LogP contribution in [0, 0.1) is 5.82 Å². The van der Waals surface area contributed by atoms with E-state index in [2.05, 4.69) is 20.9 Å². The summed E-state index contributed by atoms with van der Waals surface area (Å²) >= 11 is 3.28. The Kier molecular flexibility index (Phi) is 2.14. The molecule has 0 aliphatic rings. The molecule has 0 saturated heterocycles. The molecule has 0 aliphatic heterocycles. The molecule has 2 aromatic rings. The molecule has 13 heavy (non-hydrogen) atoms. The fourth-order valence-corrected chi connectivity index (χ4v) is 1.43. The van der Waals surface area contributed by atoms with E-state index in [0.717, 1.165) is 4.47 Å². The number of hydrogen-bond donors (Lipinski definition) is 0. The zero-order chi connectivity index (χ0) is 9.26. The van der Waals surface area contributed by atoms with E-state index in [0.29, 0.717) is 5.69 Å². The van der Waals surface area contributed by atoms with Crippen LogP contribution in [0.3, 0.4) is 0 Å². The average Bonchev–Trinajstić information content (AvgIpc) is 2.61. The molecule has 0 bridgehead atoms. The molecule has 0 amide bonds. The highest BCUT2D eigenvalue weighted by Gasteiger charge is 2.03. The second kappa shape index (κ2) is 3.30. The smallest absolute Gasteiger partial charge is 0.147 e. The molecule has 0 radical (unpaired) electrons. The molecule has 0 atom stereocenters. The van der Waals surface area contributed by atoms with Crippen molar-refractivity contribution in [3.8, 4) is 5.69 Å². The van der Waals surface area contributed by atoms with Crippen molar-refractivity contribution in [3.05, 3.63) is 47.2 Å². The van der Waals surface area contributed by atoms with Crippen molar-refractivity contribution in [2.24, 2.45) is 0 Å². The van der Waals surface area contributed by atoms with Gasteiger partial charge in [-0.1, -0.05) is 15.9 Å². The molecule has 1 aromatic carbocycles. The van der Waals surface area contributed by atoms with Gasteiger partial charge in [0.1, 0.15) is 5.82 Å². The second-order valence-corrected chi connectivity index (χ2v) is 3.48. The predicted octanol–water partition coefficient (Wildman–Crippen LogP) is 2.77. The highest BCUT2D eigenvalue weighted by Crippen LogP contribution is 2.18. The highest BCUT2D eigenvalue weighted by molar-refractivity contribution is 9.10. The Morgan fingerprint density at radius 2 is 2.23 bits per heavy atom. The summed E-state index contributed by atoms with van der Waals surface area (Å²) in [5, 5.41) is 0. The van der Waals surface area contributed by atoms with Crippen LogP contribution in [-0.4, -0.2) is 9.55 Å². The van der Waals surface area contributed by atoms with Gasteiger partial charge in [-0.05, 0) is 18.2 Å². The van der Waals surface area contributed by atoms with Crippen molar-refractivity contribution in [2.45, 2.75) is 0 Å². The van der Waals surface area contributed by atoms with Crippen LogP contribution >= 0.6 is 15.9 Å². The molecule has 1 heterocycles. The zero-order valence-electron chi connectivity index (χ0n) is 6.61. The van der Waals surface area contributed by atoms with Gasteiger partial charge in [-0.15, -0.1) is 0 Å². The molecular weight excluding hydrogens is 235 g/mol. The third-order valence-corrected chi connectivity index (χ3v) is 2.18. The number of imidazole rings is 1. The van der Waals surface area contributed by atoms with Crippen LogP contribution < -0.4 is 0 Å². The van der Waals surface area contributed by atoms with E-state index in [-0.39, 0.29) is 5.82 Å². The maximum Gasteiger partial charge on any atom is 0.147 e. The molecule has 2 nitrogen and oxygen atoms in total. The fourth-order valence-electron chi connectivity index (χ4n) is 1.09. The minimum absolute atomic E-state index is 0.263. The lowest BCUT2D eigenvalue weighted by molar-refractivity contribution is 0.617. The number of hydrogen-bond acceptors (Lipinski definition) is 1. The molecule has 66 valence electrons. The van der Waals surface area contributed by atoms with Gasteiger partial charge in [0, 0.05) is 16.9 Å². The van der Waals surface area contributed by atoms with Crippen LogP contribution in [0.25, 0.3) is 5.69 Å². The number of rotatable bonds is 1. The molecule has 0 unspecified atom stereocenters. The first-order valence-corrected chi connectivity index (χ1v) is 4.50. The van der Waals surface area contributed by atoms with Gasteiger partial charge in [0.15, 0.2) is 0 Å². The Balaban J connectivity index is 2.57. The Bertz CT molecular complexity index is 412. The number of aromatic nitrogens is 2. The lowest BCUT2D eigenvalue weighted by Crippen LogP contribution is -1.93. The summed E-state index contributed by atoms with van der Waals surface area (Å²) in [4.78, 5) is 3.85. The monoisotopic (exact) mass is 240 g/mol. The summed E-state index contributed by atoms with van der Waals surface area (Å²) in [5.74, 6) is -0.263. The van der Waals surface area contributed by atoms with Crippen molar-refractivity contribution in [3.63, 3.8) is 0 Å². The highest BCUT2D eigenvalue weighted by atomic mass is 79.9. The first-order chi connectivity index (χ1) is 6.27. The molecule has 2 rings (SSSR count). The van der Waals surface area contributed by atoms with Crippen molar-refractivity contribution in [2.75, 3.05) is 0 Å². The standard InChI is InChI=1S/C9H6BrFN2/c10-7-1-2-8(11)9(5-7)13-4-3-12-6-13/h1-6H. The van der Waals surface area contributed by atoms with E-state index in [1.54, 1.807) is 35.4 Å². The minimum Gasteiger partial charge on any atom is -0.303 e. The van der Waals surface area contributed by atoms with Gasteiger partial charge in [0.05, 0.1) is 12.0 Å². The van der Waals surface area contributed by atoms with E-state index in [1.165, 1.54) is 6.07 Å². The summed E-state index contributed by atoms with van der Waals surface area (Å²) in [5.41, 5.74) is 0.492. The van der Waals surface area contributed by atoms with Crippen molar-refractivity contribution in [1.82, 2.24) is 9.55 Å². The quantitative estimate of drug-likeness (QED) is 0.750. The molecule has 0 saturated carbocycles.